The zero-order valence-corrected chi connectivity index (χ0v) is 9.76. The Morgan fingerprint density at radius 3 is 2.86 bits per heavy atom. The van der Waals surface area contributed by atoms with Crippen molar-refractivity contribution in [2.45, 2.75) is 6.92 Å². The van der Waals surface area contributed by atoms with Crippen molar-refractivity contribution in [3.05, 3.63) is 39.7 Å². The van der Waals surface area contributed by atoms with E-state index in [0.29, 0.717) is 10.9 Å². The van der Waals surface area contributed by atoms with Gasteiger partial charge in [-0.05, 0) is 25.1 Å². The van der Waals surface area contributed by atoms with Gasteiger partial charge in [-0.2, -0.15) is 0 Å². The van der Waals surface area contributed by atoms with Gasteiger partial charge in [0.2, 0.25) is 5.89 Å². The Kier molecular flexibility index (Phi) is 2.61. The molecule has 2 rings (SSSR count). The van der Waals surface area contributed by atoms with Gasteiger partial charge in [-0.15, -0.1) is 0 Å². The van der Waals surface area contributed by atoms with E-state index in [2.05, 4.69) is 20.9 Å². The van der Waals surface area contributed by atoms with Gasteiger partial charge in [-0.3, -0.25) is 0 Å². The summed E-state index contributed by atoms with van der Waals surface area (Å²) in [4.78, 5) is 4.12. The van der Waals surface area contributed by atoms with Crippen LogP contribution in [0.1, 0.15) is 5.76 Å². The average Bonchev–Trinajstić information content (AvgIpc) is 2.56. The van der Waals surface area contributed by atoms with Crippen LogP contribution in [0.25, 0.3) is 11.5 Å². The number of nitrogens with zero attached hydrogens (tertiary/aromatic N) is 1. The minimum absolute atomic E-state index is 0.550. The molecule has 0 radical (unpaired) electrons. The molecule has 2 nitrogen and oxygen atoms in total. The van der Waals surface area contributed by atoms with Crippen molar-refractivity contribution in [2.75, 3.05) is 0 Å². The second-order valence-corrected chi connectivity index (χ2v) is 4.22. The van der Waals surface area contributed by atoms with Crippen molar-refractivity contribution in [3.8, 4) is 11.5 Å². The summed E-state index contributed by atoms with van der Waals surface area (Å²) < 4.78 is 6.34. The third kappa shape index (κ3) is 1.83. The van der Waals surface area contributed by atoms with Crippen molar-refractivity contribution in [3.63, 3.8) is 0 Å². The minimum Gasteiger partial charge on any atom is -0.441 e. The smallest absolute Gasteiger partial charge is 0.227 e. The predicted octanol–water partition coefficient (Wildman–Crippen LogP) is 4.07. The summed E-state index contributed by atoms with van der Waals surface area (Å²) in [6.07, 6.45) is 1.67. The minimum atomic E-state index is 0.550. The van der Waals surface area contributed by atoms with E-state index in [1.807, 2.05) is 19.1 Å². The highest BCUT2D eigenvalue weighted by Gasteiger charge is 2.09. The highest BCUT2D eigenvalue weighted by Crippen LogP contribution is 2.29. The maximum Gasteiger partial charge on any atom is 0.227 e. The molecule has 0 saturated heterocycles. The van der Waals surface area contributed by atoms with Crippen molar-refractivity contribution < 1.29 is 4.42 Å². The van der Waals surface area contributed by atoms with Gasteiger partial charge in [-0.25, -0.2) is 4.98 Å². The topological polar surface area (TPSA) is 26.0 Å². The summed E-state index contributed by atoms with van der Waals surface area (Å²) >= 11 is 9.39. The Hall–Kier alpha value is -0.800. The van der Waals surface area contributed by atoms with E-state index in [0.717, 1.165) is 15.8 Å². The van der Waals surface area contributed by atoms with Crippen LogP contribution >= 0.6 is 27.5 Å². The molecule has 0 saturated carbocycles. The Balaban J connectivity index is 2.55. The summed E-state index contributed by atoms with van der Waals surface area (Å²) in [6.45, 7) is 1.85. The molecule has 1 aromatic heterocycles. The highest BCUT2D eigenvalue weighted by atomic mass is 79.9. The molecule has 0 N–H and O–H groups in total. The summed E-state index contributed by atoms with van der Waals surface area (Å²) in [5.41, 5.74) is 0.800. The second-order valence-electron chi connectivity index (χ2n) is 2.90. The van der Waals surface area contributed by atoms with E-state index in [-0.39, 0.29) is 0 Å². The van der Waals surface area contributed by atoms with Gasteiger partial charge in [0, 0.05) is 4.47 Å². The molecule has 0 unspecified atom stereocenters. The van der Waals surface area contributed by atoms with Crippen LogP contribution in [-0.4, -0.2) is 4.98 Å². The zero-order chi connectivity index (χ0) is 10.1. The number of aryl methyl sites for hydroxylation is 1. The SMILES string of the molecule is Cc1cnc(-c2cc(Br)ccc2Cl)o1. The zero-order valence-electron chi connectivity index (χ0n) is 7.42. The predicted molar refractivity (Wildman–Crippen MR) is 59.4 cm³/mol. The number of halogens is 2. The van der Waals surface area contributed by atoms with E-state index in [9.17, 15) is 0 Å². The first-order chi connectivity index (χ1) is 6.66. The molecule has 4 heteroatoms. The van der Waals surface area contributed by atoms with Crippen molar-refractivity contribution in [1.82, 2.24) is 4.98 Å². The lowest BCUT2D eigenvalue weighted by Crippen LogP contribution is -1.79. The van der Waals surface area contributed by atoms with Gasteiger partial charge in [0.15, 0.2) is 0 Å². The molecule has 1 heterocycles. The van der Waals surface area contributed by atoms with Crippen LogP contribution in [0.15, 0.2) is 33.3 Å². The van der Waals surface area contributed by atoms with Crippen molar-refractivity contribution in [2.24, 2.45) is 0 Å². The summed E-state index contributed by atoms with van der Waals surface area (Å²) in [5, 5.41) is 0.634. The Bertz CT molecular complexity index is 467. The molecule has 0 aliphatic carbocycles. The summed E-state index contributed by atoms with van der Waals surface area (Å²) in [7, 11) is 0. The number of rotatable bonds is 1. The van der Waals surface area contributed by atoms with Crippen LogP contribution in [-0.2, 0) is 0 Å². The molecule has 0 spiro atoms. The molecular formula is C10H7BrClNO. The van der Waals surface area contributed by atoms with Crippen molar-refractivity contribution >= 4 is 27.5 Å². The van der Waals surface area contributed by atoms with E-state index in [4.69, 9.17) is 16.0 Å². The Labute approximate surface area is 95.0 Å². The molecular weight excluding hydrogens is 265 g/mol. The fourth-order valence-electron chi connectivity index (χ4n) is 1.14. The van der Waals surface area contributed by atoms with E-state index in [1.54, 1.807) is 12.3 Å². The van der Waals surface area contributed by atoms with E-state index in [1.165, 1.54) is 0 Å². The van der Waals surface area contributed by atoms with Crippen LogP contribution < -0.4 is 0 Å². The molecule has 0 fully saturated rings. The monoisotopic (exact) mass is 271 g/mol. The van der Waals surface area contributed by atoms with Gasteiger partial charge in [-0.1, -0.05) is 27.5 Å². The molecule has 2 aromatic rings. The van der Waals surface area contributed by atoms with Crippen LogP contribution in [0.2, 0.25) is 5.02 Å². The first-order valence-corrected chi connectivity index (χ1v) is 5.22. The van der Waals surface area contributed by atoms with Crippen LogP contribution in [0.3, 0.4) is 0 Å². The number of hydrogen-bond donors (Lipinski definition) is 0. The van der Waals surface area contributed by atoms with Crippen LogP contribution in [0.5, 0.6) is 0 Å². The van der Waals surface area contributed by atoms with Gasteiger partial charge in [0.1, 0.15) is 5.76 Å². The standard InChI is InChI=1S/C10H7BrClNO/c1-6-5-13-10(14-6)8-4-7(11)2-3-9(8)12/h2-5H,1H3. The molecule has 0 atom stereocenters. The van der Waals surface area contributed by atoms with E-state index < -0.39 is 0 Å². The number of aromatic nitrogens is 1. The molecule has 0 aliphatic heterocycles. The van der Waals surface area contributed by atoms with Gasteiger partial charge in [0.05, 0.1) is 16.8 Å². The third-order valence-corrected chi connectivity index (χ3v) is 2.60. The average molecular weight is 273 g/mol. The van der Waals surface area contributed by atoms with Gasteiger partial charge >= 0.3 is 0 Å². The summed E-state index contributed by atoms with van der Waals surface area (Å²) in [5.74, 6) is 1.32. The number of benzene rings is 1. The lowest BCUT2D eigenvalue weighted by Gasteiger charge is -1.99. The fraction of sp³-hybridized carbons (Fsp3) is 0.100. The summed E-state index contributed by atoms with van der Waals surface area (Å²) in [6, 6.07) is 5.57. The lowest BCUT2D eigenvalue weighted by molar-refractivity contribution is 0.542. The van der Waals surface area contributed by atoms with E-state index >= 15 is 0 Å². The fourth-order valence-corrected chi connectivity index (χ4v) is 1.70. The van der Waals surface area contributed by atoms with Crippen LogP contribution in [0, 0.1) is 6.92 Å². The molecule has 0 bridgehead atoms. The van der Waals surface area contributed by atoms with Crippen LogP contribution in [0.4, 0.5) is 0 Å². The Morgan fingerprint density at radius 2 is 2.21 bits per heavy atom. The van der Waals surface area contributed by atoms with Gasteiger partial charge in [0.25, 0.3) is 0 Å². The largest absolute Gasteiger partial charge is 0.441 e. The number of oxazole rings is 1. The third-order valence-electron chi connectivity index (χ3n) is 1.78. The molecule has 0 amide bonds. The quantitative estimate of drug-likeness (QED) is 0.782. The maximum atomic E-state index is 6.02. The maximum absolute atomic E-state index is 6.02. The molecule has 1 aromatic carbocycles. The van der Waals surface area contributed by atoms with Gasteiger partial charge < -0.3 is 4.42 Å². The van der Waals surface area contributed by atoms with Crippen molar-refractivity contribution in [1.29, 1.82) is 0 Å². The molecule has 72 valence electrons. The first kappa shape index (κ1) is 9.74. The normalized spacial score (nSPS) is 10.5. The Morgan fingerprint density at radius 1 is 1.43 bits per heavy atom. The first-order valence-electron chi connectivity index (χ1n) is 4.04. The molecule has 14 heavy (non-hydrogen) atoms. The second kappa shape index (κ2) is 3.75. The number of hydrogen-bond acceptors (Lipinski definition) is 2. The highest BCUT2D eigenvalue weighted by molar-refractivity contribution is 9.10. The molecule has 0 aliphatic rings. The lowest BCUT2D eigenvalue weighted by atomic mass is 10.2.